The van der Waals surface area contributed by atoms with E-state index in [9.17, 15) is 4.79 Å². The highest BCUT2D eigenvalue weighted by atomic mass is 127. The van der Waals surface area contributed by atoms with Crippen molar-refractivity contribution in [2.75, 3.05) is 31.6 Å². The van der Waals surface area contributed by atoms with Crippen LogP contribution in [0.5, 0.6) is 0 Å². The van der Waals surface area contributed by atoms with Gasteiger partial charge in [0.2, 0.25) is 0 Å². The van der Waals surface area contributed by atoms with E-state index in [1.165, 1.54) is 11.3 Å². The van der Waals surface area contributed by atoms with Gasteiger partial charge in [-0.1, -0.05) is 12.1 Å². The molecule has 116 valence electrons. The summed E-state index contributed by atoms with van der Waals surface area (Å²) in [4.78, 5) is 19.1. The van der Waals surface area contributed by atoms with Crippen LogP contribution in [0.2, 0.25) is 0 Å². The largest absolute Gasteiger partial charge is 0.379 e. The van der Waals surface area contributed by atoms with Crippen molar-refractivity contribution >= 4 is 45.0 Å². The van der Waals surface area contributed by atoms with Crippen LogP contribution in [0.4, 0.5) is 5.13 Å². The van der Waals surface area contributed by atoms with Crippen LogP contribution in [-0.4, -0.2) is 42.1 Å². The zero-order valence-corrected chi connectivity index (χ0v) is 14.9. The Kier molecular flexibility index (Phi) is 5.40. The molecule has 0 atom stereocenters. The smallest absolute Gasteiger partial charge is 0.258 e. The Morgan fingerprint density at radius 3 is 2.91 bits per heavy atom. The van der Waals surface area contributed by atoms with Crippen molar-refractivity contribution < 1.29 is 9.53 Å². The van der Waals surface area contributed by atoms with Crippen molar-refractivity contribution in [1.82, 2.24) is 9.88 Å². The van der Waals surface area contributed by atoms with E-state index in [1.807, 2.05) is 29.6 Å². The van der Waals surface area contributed by atoms with Crippen molar-refractivity contribution in [3.63, 3.8) is 0 Å². The number of nitrogens with zero attached hydrogens (tertiary/aromatic N) is 2. The van der Waals surface area contributed by atoms with Gasteiger partial charge in [0.05, 0.1) is 24.5 Å². The number of thiazole rings is 1. The summed E-state index contributed by atoms with van der Waals surface area (Å²) in [6.07, 6.45) is 0. The van der Waals surface area contributed by atoms with E-state index in [1.54, 1.807) is 0 Å². The van der Waals surface area contributed by atoms with Crippen LogP contribution in [0.25, 0.3) is 0 Å². The lowest BCUT2D eigenvalue weighted by molar-refractivity contribution is 0.0337. The Balaban J connectivity index is 1.61. The second kappa shape index (κ2) is 7.49. The summed E-state index contributed by atoms with van der Waals surface area (Å²) < 4.78 is 6.27. The van der Waals surface area contributed by atoms with Gasteiger partial charge in [-0.05, 0) is 34.7 Å². The SMILES string of the molecule is O=C(Nc1nc(CN2CCOCC2)cs1)c1ccccc1I. The molecule has 0 spiro atoms. The minimum Gasteiger partial charge on any atom is -0.379 e. The summed E-state index contributed by atoms with van der Waals surface area (Å²) >= 11 is 3.63. The number of carbonyl (C=O) groups is 1. The molecule has 1 aromatic carbocycles. The molecule has 3 rings (SSSR count). The van der Waals surface area contributed by atoms with Gasteiger partial charge in [0.15, 0.2) is 5.13 Å². The van der Waals surface area contributed by atoms with Gasteiger partial charge >= 0.3 is 0 Å². The van der Waals surface area contributed by atoms with E-state index < -0.39 is 0 Å². The number of ether oxygens (including phenoxy) is 1. The summed E-state index contributed by atoms with van der Waals surface area (Å²) in [7, 11) is 0. The number of nitrogens with one attached hydrogen (secondary N) is 1. The summed E-state index contributed by atoms with van der Waals surface area (Å²) in [6, 6.07) is 7.52. The highest BCUT2D eigenvalue weighted by molar-refractivity contribution is 14.1. The molecule has 0 aliphatic carbocycles. The van der Waals surface area contributed by atoms with Crippen molar-refractivity contribution in [3.8, 4) is 0 Å². The minimum absolute atomic E-state index is 0.114. The van der Waals surface area contributed by atoms with Gasteiger partial charge < -0.3 is 4.74 Å². The molecule has 1 saturated heterocycles. The Bertz CT molecular complexity index is 656. The molecule has 0 radical (unpaired) electrons. The molecule has 0 saturated carbocycles. The van der Waals surface area contributed by atoms with Crippen LogP contribution in [0.3, 0.4) is 0 Å². The highest BCUT2D eigenvalue weighted by Crippen LogP contribution is 2.19. The zero-order valence-electron chi connectivity index (χ0n) is 11.9. The fourth-order valence-corrected chi connectivity index (χ4v) is 3.56. The standard InChI is InChI=1S/C15H16IN3O2S/c16-13-4-2-1-3-12(13)14(20)18-15-17-11(10-22-15)9-19-5-7-21-8-6-19/h1-4,10H,5-9H2,(H,17,18,20). The Morgan fingerprint density at radius 2 is 2.14 bits per heavy atom. The number of hydrogen-bond acceptors (Lipinski definition) is 5. The Morgan fingerprint density at radius 1 is 1.36 bits per heavy atom. The van der Waals surface area contributed by atoms with Crippen LogP contribution in [0.1, 0.15) is 16.1 Å². The van der Waals surface area contributed by atoms with Gasteiger partial charge in [0, 0.05) is 28.6 Å². The minimum atomic E-state index is -0.114. The van der Waals surface area contributed by atoms with E-state index >= 15 is 0 Å². The molecular formula is C15H16IN3O2S. The van der Waals surface area contributed by atoms with Crippen molar-refractivity contribution in [3.05, 3.63) is 44.5 Å². The van der Waals surface area contributed by atoms with Crippen molar-refractivity contribution in [2.24, 2.45) is 0 Å². The molecule has 1 N–H and O–H groups in total. The molecule has 2 heterocycles. The molecule has 2 aromatic rings. The first-order valence-electron chi connectivity index (χ1n) is 7.03. The van der Waals surface area contributed by atoms with Gasteiger partial charge in [-0.3, -0.25) is 15.0 Å². The molecule has 1 amide bonds. The maximum Gasteiger partial charge on any atom is 0.258 e. The molecule has 1 aromatic heterocycles. The van der Waals surface area contributed by atoms with Gasteiger partial charge in [-0.25, -0.2) is 4.98 Å². The topological polar surface area (TPSA) is 54.5 Å². The number of aromatic nitrogens is 1. The molecule has 1 aliphatic heterocycles. The normalized spacial score (nSPS) is 15.7. The number of amides is 1. The highest BCUT2D eigenvalue weighted by Gasteiger charge is 2.14. The Hall–Kier alpha value is -1.03. The monoisotopic (exact) mass is 429 g/mol. The van der Waals surface area contributed by atoms with Crippen LogP contribution >= 0.6 is 33.9 Å². The van der Waals surface area contributed by atoms with E-state index in [0.29, 0.717) is 10.7 Å². The summed E-state index contributed by atoms with van der Waals surface area (Å²) in [5.41, 5.74) is 1.66. The zero-order chi connectivity index (χ0) is 15.4. The lowest BCUT2D eigenvalue weighted by Gasteiger charge is -2.25. The number of benzene rings is 1. The molecule has 7 heteroatoms. The van der Waals surface area contributed by atoms with Crippen molar-refractivity contribution in [2.45, 2.75) is 6.54 Å². The van der Waals surface area contributed by atoms with E-state index in [0.717, 1.165) is 42.1 Å². The molecule has 22 heavy (non-hydrogen) atoms. The maximum absolute atomic E-state index is 12.3. The van der Waals surface area contributed by atoms with Crippen LogP contribution in [-0.2, 0) is 11.3 Å². The van der Waals surface area contributed by atoms with E-state index in [4.69, 9.17) is 4.74 Å². The molecular weight excluding hydrogens is 413 g/mol. The lowest BCUT2D eigenvalue weighted by Crippen LogP contribution is -2.35. The third-order valence-corrected chi connectivity index (χ3v) is 5.13. The maximum atomic E-state index is 12.3. The third kappa shape index (κ3) is 4.03. The first-order valence-corrected chi connectivity index (χ1v) is 8.98. The number of morpholine rings is 1. The van der Waals surface area contributed by atoms with Crippen LogP contribution in [0, 0.1) is 3.57 Å². The third-order valence-electron chi connectivity index (χ3n) is 3.38. The molecule has 0 bridgehead atoms. The summed E-state index contributed by atoms with van der Waals surface area (Å²) in [5.74, 6) is -0.114. The average molecular weight is 429 g/mol. The van der Waals surface area contributed by atoms with E-state index in [-0.39, 0.29) is 5.91 Å². The predicted octanol–water partition coefficient (Wildman–Crippen LogP) is 2.83. The average Bonchev–Trinajstić information content (AvgIpc) is 2.95. The number of rotatable bonds is 4. The number of anilines is 1. The molecule has 1 aliphatic rings. The quantitative estimate of drug-likeness (QED) is 0.760. The number of hydrogen-bond donors (Lipinski definition) is 1. The fourth-order valence-electron chi connectivity index (χ4n) is 2.24. The fraction of sp³-hybridized carbons (Fsp3) is 0.333. The summed E-state index contributed by atoms with van der Waals surface area (Å²) in [5, 5.41) is 5.52. The van der Waals surface area contributed by atoms with Crippen LogP contribution < -0.4 is 5.32 Å². The van der Waals surface area contributed by atoms with Gasteiger partial charge in [-0.2, -0.15) is 0 Å². The van der Waals surface area contributed by atoms with Gasteiger partial charge in [-0.15, -0.1) is 11.3 Å². The first-order chi connectivity index (χ1) is 10.7. The lowest BCUT2D eigenvalue weighted by atomic mass is 10.2. The number of halogens is 1. The second-order valence-corrected chi connectivity index (χ2v) is 6.99. The van der Waals surface area contributed by atoms with Crippen LogP contribution in [0.15, 0.2) is 29.6 Å². The number of carbonyl (C=O) groups excluding carboxylic acids is 1. The molecule has 1 fully saturated rings. The molecule has 5 nitrogen and oxygen atoms in total. The van der Waals surface area contributed by atoms with Gasteiger partial charge in [0.1, 0.15) is 0 Å². The summed E-state index contributed by atoms with van der Waals surface area (Å²) in [6.45, 7) is 4.22. The van der Waals surface area contributed by atoms with E-state index in [2.05, 4.69) is 37.8 Å². The molecule has 0 unspecified atom stereocenters. The van der Waals surface area contributed by atoms with Gasteiger partial charge in [0.25, 0.3) is 5.91 Å². The first kappa shape index (κ1) is 15.9. The van der Waals surface area contributed by atoms with Crippen molar-refractivity contribution in [1.29, 1.82) is 0 Å². The predicted molar refractivity (Wildman–Crippen MR) is 95.3 cm³/mol. The Labute approximate surface area is 146 Å². The second-order valence-electron chi connectivity index (χ2n) is 4.97.